The zero-order valence-corrected chi connectivity index (χ0v) is 13.5. The lowest BCUT2D eigenvalue weighted by Gasteiger charge is -2.24. The van der Waals surface area contributed by atoms with Crippen molar-refractivity contribution in [2.45, 2.75) is 33.1 Å². The molecule has 2 N–H and O–H groups in total. The quantitative estimate of drug-likeness (QED) is 0.791. The minimum absolute atomic E-state index is 0.170. The topological polar surface area (TPSA) is 84.7 Å². The molecule has 3 rings (SSSR count). The maximum atomic E-state index is 11.7. The van der Waals surface area contributed by atoms with Crippen LogP contribution in [0, 0.1) is 19.8 Å². The molecule has 7 nitrogen and oxygen atoms in total. The van der Waals surface area contributed by atoms with Crippen LogP contribution in [0.4, 0.5) is 5.82 Å². The highest BCUT2D eigenvalue weighted by molar-refractivity contribution is 5.79. The Morgan fingerprint density at radius 3 is 2.74 bits per heavy atom. The van der Waals surface area contributed by atoms with E-state index >= 15 is 0 Å². The van der Waals surface area contributed by atoms with E-state index in [9.17, 15) is 4.79 Å². The maximum absolute atomic E-state index is 11.7. The molecule has 7 heteroatoms. The van der Waals surface area contributed by atoms with E-state index in [2.05, 4.69) is 25.7 Å². The zero-order valence-electron chi connectivity index (χ0n) is 13.5. The molecule has 0 unspecified atom stereocenters. The molecule has 0 saturated heterocycles. The molecule has 122 valence electrons. The highest BCUT2D eigenvalue weighted by Gasteiger charge is 2.24. The summed E-state index contributed by atoms with van der Waals surface area (Å²) in [4.78, 5) is 20.2. The first-order chi connectivity index (χ1) is 11.1. The Kier molecular flexibility index (Phi) is 4.55. The fraction of sp³-hybridized carbons (Fsp3) is 0.500. The van der Waals surface area contributed by atoms with Crippen molar-refractivity contribution in [3.05, 3.63) is 29.8 Å². The Balaban J connectivity index is 1.53. The number of hydrogen-bond acceptors (Lipinski definition) is 5. The predicted octanol–water partition coefficient (Wildman–Crippen LogP) is 1.61. The number of carbonyl (C=O) groups excluding carboxylic acids is 1. The molecular formula is C16H22N6O. The molecule has 0 aromatic carbocycles. The third-order valence-electron chi connectivity index (χ3n) is 4.09. The molecule has 0 atom stereocenters. The van der Waals surface area contributed by atoms with Gasteiger partial charge in [-0.3, -0.25) is 4.79 Å². The first-order valence-electron chi connectivity index (χ1n) is 8.01. The third-order valence-corrected chi connectivity index (χ3v) is 4.09. The fourth-order valence-electron chi connectivity index (χ4n) is 2.61. The number of hydrogen-bond donors (Lipinski definition) is 2. The van der Waals surface area contributed by atoms with Gasteiger partial charge in [-0.2, -0.15) is 5.10 Å². The van der Waals surface area contributed by atoms with Crippen LogP contribution in [0.25, 0.3) is 5.82 Å². The second-order valence-electron chi connectivity index (χ2n) is 5.95. The molecule has 1 amide bonds. The van der Waals surface area contributed by atoms with Gasteiger partial charge in [-0.15, -0.1) is 0 Å². The average molecular weight is 314 g/mol. The Morgan fingerprint density at radius 1 is 1.26 bits per heavy atom. The Hall–Kier alpha value is -2.44. The number of anilines is 1. The van der Waals surface area contributed by atoms with E-state index < -0.39 is 0 Å². The van der Waals surface area contributed by atoms with Crippen molar-refractivity contribution in [2.75, 3.05) is 18.4 Å². The highest BCUT2D eigenvalue weighted by Crippen LogP contribution is 2.25. The molecule has 1 aliphatic rings. The lowest BCUT2D eigenvalue weighted by Crippen LogP contribution is -2.36. The molecule has 2 aromatic rings. The van der Waals surface area contributed by atoms with E-state index in [1.807, 2.05) is 26.0 Å². The number of nitrogens with one attached hydrogen (secondary N) is 2. The van der Waals surface area contributed by atoms with E-state index in [1.165, 1.54) is 12.7 Å². The molecule has 0 bridgehead atoms. The number of amides is 1. The third kappa shape index (κ3) is 3.67. The number of aryl methyl sites for hydroxylation is 2. The van der Waals surface area contributed by atoms with Crippen LogP contribution in [-0.4, -0.2) is 38.7 Å². The van der Waals surface area contributed by atoms with Gasteiger partial charge in [0.05, 0.1) is 5.69 Å². The molecule has 0 radical (unpaired) electrons. The minimum Gasteiger partial charge on any atom is -0.368 e. The molecule has 0 spiro atoms. The summed E-state index contributed by atoms with van der Waals surface area (Å²) in [6.45, 7) is 5.17. The fourth-order valence-corrected chi connectivity index (χ4v) is 2.61. The molecule has 2 heterocycles. The van der Waals surface area contributed by atoms with E-state index in [0.29, 0.717) is 13.1 Å². The second kappa shape index (κ2) is 6.76. The van der Waals surface area contributed by atoms with Gasteiger partial charge in [0, 0.05) is 30.8 Å². The number of carbonyl (C=O) groups is 1. The van der Waals surface area contributed by atoms with Crippen LogP contribution in [0.2, 0.25) is 0 Å². The van der Waals surface area contributed by atoms with Gasteiger partial charge in [-0.05, 0) is 32.8 Å². The summed E-state index contributed by atoms with van der Waals surface area (Å²) in [6, 6.07) is 3.86. The first kappa shape index (κ1) is 15.5. The molecule has 1 fully saturated rings. The van der Waals surface area contributed by atoms with Crippen molar-refractivity contribution in [3.63, 3.8) is 0 Å². The monoisotopic (exact) mass is 314 g/mol. The van der Waals surface area contributed by atoms with Gasteiger partial charge in [0.2, 0.25) is 5.91 Å². The zero-order chi connectivity index (χ0) is 16.2. The summed E-state index contributed by atoms with van der Waals surface area (Å²) >= 11 is 0. The highest BCUT2D eigenvalue weighted by atomic mass is 16.1. The van der Waals surface area contributed by atoms with Gasteiger partial charge in [0.25, 0.3) is 0 Å². The lowest BCUT2D eigenvalue weighted by atomic mass is 9.85. The van der Waals surface area contributed by atoms with E-state index in [0.717, 1.165) is 35.9 Å². The van der Waals surface area contributed by atoms with Gasteiger partial charge < -0.3 is 10.6 Å². The van der Waals surface area contributed by atoms with Crippen molar-refractivity contribution in [1.82, 2.24) is 25.1 Å². The van der Waals surface area contributed by atoms with Gasteiger partial charge in [-0.1, -0.05) is 6.42 Å². The average Bonchev–Trinajstić information content (AvgIpc) is 2.81. The van der Waals surface area contributed by atoms with Gasteiger partial charge in [0.15, 0.2) is 5.82 Å². The molecule has 0 aliphatic heterocycles. The van der Waals surface area contributed by atoms with Crippen LogP contribution in [-0.2, 0) is 4.79 Å². The summed E-state index contributed by atoms with van der Waals surface area (Å²) in [5.74, 6) is 1.85. The molecule has 23 heavy (non-hydrogen) atoms. The first-order valence-corrected chi connectivity index (χ1v) is 8.01. The van der Waals surface area contributed by atoms with Crippen LogP contribution in [0.15, 0.2) is 18.5 Å². The van der Waals surface area contributed by atoms with Gasteiger partial charge in [0.1, 0.15) is 12.1 Å². The van der Waals surface area contributed by atoms with Crippen LogP contribution in [0.3, 0.4) is 0 Å². The normalized spacial score (nSPS) is 14.3. The smallest absolute Gasteiger partial charge is 0.223 e. The van der Waals surface area contributed by atoms with Crippen molar-refractivity contribution in [1.29, 1.82) is 0 Å². The van der Waals surface area contributed by atoms with Crippen molar-refractivity contribution in [2.24, 2.45) is 5.92 Å². The van der Waals surface area contributed by atoms with Gasteiger partial charge >= 0.3 is 0 Å². The van der Waals surface area contributed by atoms with Crippen molar-refractivity contribution in [3.8, 4) is 5.82 Å². The van der Waals surface area contributed by atoms with Crippen LogP contribution in [0.5, 0.6) is 0 Å². The maximum Gasteiger partial charge on any atom is 0.223 e. The Labute approximate surface area is 135 Å². The summed E-state index contributed by atoms with van der Waals surface area (Å²) in [7, 11) is 0. The van der Waals surface area contributed by atoms with Gasteiger partial charge in [-0.25, -0.2) is 14.6 Å². The summed E-state index contributed by atoms with van der Waals surface area (Å²) < 4.78 is 1.79. The van der Waals surface area contributed by atoms with Crippen LogP contribution in [0.1, 0.15) is 30.7 Å². The standard InChI is InChI=1S/C16H22N6O/c1-11-8-12(2)22(21-11)15-9-14(19-10-20-15)17-6-7-18-16(23)13-4-3-5-13/h8-10,13H,3-7H2,1-2H3,(H,18,23)(H,17,19,20). The molecular weight excluding hydrogens is 292 g/mol. The molecule has 1 saturated carbocycles. The number of aromatic nitrogens is 4. The summed E-state index contributed by atoms with van der Waals surface area (Å²) in [5.41, 5.74) is 1.98. The molecule has 2 aromatic heterocycles. The molecule has 1 aliphatic carbocycles. The number of rotatable bonds is 6. The SMILES string of the molecule is Cc1cc(C)n(-c2cc(NCCNC(=O)C3CCC3)ncn2)n1. The lowest BCUT2D eigenvalue weighted by molar-refractivity contribution is -0.127. The van der Waals surface area contributed by atoms with E-state index in [4.69, 9.17) is 0 Å². The second-order valence-corrected chi connectivity index (χ2v) is 5.95. The van der Waals surface area contributed by atoms with E-state index in [1.54, 1.807) is 4.68 Å². The summed E-state index contributed by atoms with van der Waals surface area (Å²) in [6.07, 6.45) is 4.74. The largest absolute Gasteiger partial charge is 0.368 e. The Bertz CT molecular complexity index is 692. The summed E-state index contributed by atoms with van der Waals surface area (Å²) in [5, 5.41) is 10.6. The van der Waals surface area contributed by atoms with Crippen molar-refractivity contribution >= 4 is 11.7 Å². The minimum atomic E-state index is 0.170. The predicted molar refractivity (Wildman–Crippen MR) is 87.5 cm³/mol. The van der Waals surface area contributed by atoms with Crippen LogP contribution < -0.4 is 10.6 Å². The van der Waals surface area contributed by atoms with Crippen LogP contribution >= 0.6 is 0 Å². The van der Waals surface area contributed by atoms with Crippen molar-refractivity contribution < 1.29 is 4.79 Å². The van der Waals surface area contributed by atoms with E-state index in [-0.39, 0.29) is 11.8 Å². The number of nitrogens with zero attached hydrogens (tertiary/aromatic N) is 4. The Morgan fingerprint density at radius 2 is 2.09 bits per heavy atom.